The van der Waals surface area contributed by atoms with E-state index in [1.807, 2.05) is 0 Å². The lowest BCUT2D eigenvalue weighted by Gasteiger charge is -2.33. The van der Waals surface area contributed by atoms with Gasteiger partial charge in [-0.2, -0.15) is 0 Å². The first-order valence-corrected chi connectivity index (χ1v) is 15.1. The Balaban J connectivity index is 2.21. The van der Waals surface area contributed by atoms with Crippen molar-refractivity contribution in [3.8, 4) is 11.3 Å². The van der Waals surface area contributed by atoms with Crippen LogP contribution in [0.4, 0.5) is 0 Å². The summed E-state index contributed by atoms with van der Waals surface area (Å²) in [5, 5.41) is 4.13. The summed E-state index contributed by atoms with van der Waals surface area (Å²) < 4.78 is 0. The van der Waals surface area contributed by atoms with Crippen molar-refractivity contribution in [2.45, 2.75) is 85.5 Å². The van der Waals surface area contributed by atoms with Gasteiger partial charge in [0.1, 0.15) is 0 Å². The lowest BCUT2D eigenvalue weighted by molar-refractivity contribution is 0.566. The molecule has 0 aliphatic heterocycles. The van der Waals surface area contributed by atoms with Crippen molar-refractivity contribution in [2.24, 2.45) is 0 Å². The zero-order chi connectivity index (χ0) is 27.9. The van der Waals surface area contributed by atoms with Gasteiger partial charge in [0.25, 0.3) is 0 Å². The molecule has 4 aromatic rings. The molecule has 0 bridgehead atoms. The smallest absolute Gasteiger partial charge is 0.0744 e. The van der Waals surface area contributed by atoms with Crippen molar-refractivity contribution in [1.29, 1.82) is 0 Å². The Morgan fingerprint density at radius 3 is 1.55 bits per heavy atom. The second-order valence-electron chi connectivity index (χ2n) is 13.5. The van der Waals surface area contributed by atoms with Crippen molar-refractivity contribution in [3.05, 3.63) is 107 Å². The molecule has 0 aliphatic rings. The number of hydrogen-bond donors (Lipinski definition) is 0. The van der Waals surface area contributed by atoms with E-state index in [1.165, 1.54) is 38.2 Å². The van der Waals surface area contributed by atoms with Crippen LogP contribution < -0.4 is 15.9 Å². The molecule has 0 N–H and O–H groups in total. The van der Waals surface area contributed by atoms with Crippen molar-refractivity contribution in [1.82, 2.24) is 4.98 Å². The molecule has 3 aromatic carbocycles. The predicted octanol–water partition coefficient (Wildman–Crippen LogP) is 8.71. The van der Waals surface area contributed by atoms with E-state index in [9.17, 15) is 0 Å². The van der Waals surface area contributed by atoms with Crippen molar-refractivity contribution >= 4 is 23.8 Å². The number of rotatable bonds is 4. The van der Waals surface area contributed by atoms with Crippen LogP contribution in [-0.4, -0.2) is 4.98 Å². The van der Waals surface area contributed by atoms with Crippen LogP contribution in [0.5, 0.6) is 0 Å². The van der Waals surface area contributed by atoms with Crippen LogP contribution in [-0.2, 0) is 16.2 Å². The Hall–Kier alpha value is -2.76. The average Bonchev–Trinajstić information content (AvgIpc) is 2.84. The molecule has 0 saturated carbocycles. The molecule has 0 radical (unpaired) electrons. The van der Waals surface area contributed by atoms with Gasteiger partial charge in [0.05, 0.1) is 5.69 Å². The maximum Gasteiger partial charge on any atom is 0.0744 e. The molecule has 0 saturated heterocycles. The molecule has 1 heterocycles. The Labute approximate surface area is 232 Å². The summed E-state index contributed by atoms with van der Waals surface area (Å²) in [6, 6.07) is 31.6. The molecule has 0 aliphatic carbocycles. The maximum atomic E-state index is 5.42. The van der Waals surface area contributed by atoms with Gasteiger partial charge in [0, 0.05) is 16.7 Å². The molecule has 0 spiro atoms. The van der Waals surface area contributed by atoms with Crippen LogP contribution in [0.1, 0.15) is 84.7 Å². The molecular weight excluding hydrogens is 477 g/mol. The van der Waals surface area contributed by atoms with E-state index in [4.69, 9.17) is 4.98 Å². The topological polar surface area (TPSA) is 12.9 Å². The van der Waals surface area contributed by atoms with E-state index in [-0.39, 0.29) is 16.2 Å². The van der Waals surface area contributed by atoms with Crippen molar-refractivity contribution in [3.63, 3.8) is 0 Å². The second-order valence-corrected chi connectivity index (χ2v) is 15.7. The van der Waals surface area contributed by atoms with Crippen molar-refractivity contribution < 1.29 is 0 Å². The SMILES string of the molecule is Cc1ccc(C(C)(C)C)nc1-c1c(P(c2ccccc2)c2ccccc2)cc(C(C)(C)C)cc1C(C)(C)C. The van der Waals surface area contributed by atoms with E-state index in [1.54, 1.807) is 0 Å². The minimum Gasteiger partial charge on any atom is -0.252 e. The highest BCUT2D eigenvalue weighted by molar-refractivity contribution is 7.80. The first-order chi connectivity index (χ1) is 17.7. The van der Waals surface area contributed by atoms with Crippen molar-refractivity contribution in [2.75, 3.05) is 0 Å². The fourth-order valence-corrected chi connectivity index (χ4v) is 7.37. The van der Waals surface area contributed by atoms with Crippen LogP contribution in [0.2, 0.25) is 0 Å². The minimum absolute atomic E-state index is 0.0252. The molecular formula is C36H44NP. The third kappa shape index (κ3) is 5.94. The first kappa shape index (κ1) is 28.3. The van der Waals surface area contributed by atoms with Crippen LogP contribution in [0.15, 0.2) is 84.9 Å². The Morgan fingerprint density at radius 1 is 0.579 bits per heavy atom. The minimum atomic E-state index is -0.807. The summed E-state index contributed by atoms with van der Waals surface area (Å²) in [4.78, 5) is 5.42. The van der Waals surface area contributed by atoms with Gasteiger partial charge in [-0.1, -0.05) is 135 Å². The summed E-state index contributed by atoms with van der Waals surface area (Å²) >= 11 is 0. The average molecular weight is 522 g/mol. The fourth-order valence-electron chi connectivity index (χ4n) is 4.86. The van der Waals surface area contributed by atoms with Crippen LogP contribution in [0.25, 0.3) is 11.3 Å². The molecule has 0 amide bonds. The van der Waals surface area contributed by atoms with Gasteiger partial charge in [0.15, 0.2) is 0 Å². The highest BCUT2D eigenvalue weighted by atomic mass is 31.1. The standard InChI is InChI=1S/C36H44NP/c1-25-21-22-31(36(8,9)10)37-33(25)32-29(35(5,6)7)23-26(34(2,3)4)24-30(32)38(27-17-13-11-14-18-27)28-19-15-12-16-20-28/h11-24H,1-10H3. The van der Waals surface area contributed by atoms with Gasteiger partial charge >= 0.3 is 0 Å². The molecule has 0 fully saturated rings. The zero-order valence-corrected chi connectivity index (χ0v) is 25.9. The fraction of sp³-hybridized carbons (Fsp3) is 0.361. The van der Waals surface area contributed by atoms with Gasteiger partial charge in [-0.25, -0.2) is 0 Å². The normalized spacial score (nSPS) is 12.7. The maximum absolute atomic E-state index is 5.42. The zero-order valence-electron chi connectivity index (χ0n) is 25.0. The molecule has 0 unspecified atom stereocenters. The molecule has 4 rings (SSSR count). The van der Waals surface area contributed by atoms with Gasteiger partial charge < -0.3 is 0 Å². The molecule has 198 valence electrons. The Kier molecular flexibility index (Phi) is 7.75. The van der Waals surface area contributed by atoms with E-state index in [0.717, 1.165) is 11.4 Å². The highest BCUT2D eigenvalue weighted by Crippen LogP contribution is 2.44. The summed E-state index contributed by atoms with van der Waals surface area (Å²) in [5.41, 5.74) is 7.50. The first-order valence-electron chi connectivity index (χ1n) is 13.8. The second kappa shape index (κ2) is 10.4. The van der Waals surface area contributed by atoms with Crippen LogP contribution in [0, 0.1) is 6.92 Å². The lowest BCUT2D eigenvalue weighted by atomic mass is 9.77. The lowest BCUT2D eigenvalue weighted by Crippen LogP contribution is -2.28. The van der Waals surface area contributed by atoms with Gasteiger partial charge in [0.2, 0.25) is 0 Å². The number of nitrogens with zero attached hydrogens (tertiary/aromatic N) is 1. The Bertz CT molecular complexity index is 1360. The van der Waals surface area contributed by atoms with E-state index in [0.29, 0.717) is 0 Å². The summed E-state index contributed by atoms with van der Waals surface area (Å²) in [7, 11) is -0.807. The highest BCUT2D eigenvalue weighted by Gasteiger charge is 2.31. The third-order valence-electron chi connectivity index (χ3n) is 7.16. The van der Waals surface area contributed by atoms with E-state index in [2.05, 4.69) is 154 Å². The summed E-state index contributed by atoms with van der Waals surface area (Å²) in [6.07, 6.45) is 0. The Morgan fingerprint density at radius 2 is 1.11 bits per heavy atom. The van der Waals surface area contributed by atoms with Gasteiger partial charge in [-0.15, -0.1) is 0 Å². The van der Waals surface area contributed by atoms with E-state index < -0.39 is 7.92 Å². The molecule has 1 nitrogen and oxygen atoms in total. The predicted molar refractivity (Wildman–Crippen MR) is 169 cm³/mol. The largest absolute Gasteiger partial charge is 0.252 e. The molecule has 38 heavy (non-hydrogen) atoms. The summed E-state index contributed by atoms with van der Waals surface area (Å²) in [5.74, 6) is 0. The molecule has 2 heteroatoms. The quantitative estimate of drug-likeness (QED) is 0.245. The number of aryl methyl sites for hydroxylation is 1. The third-order valence-corrected chi connectivity index (χ3v) is 9.63. The van der Waals surface area contributed by atoms with Gasteiger partial charge in [-0.05, 0) is 70.4 Å². The molecule has 0 atom stereocenters. The number of benzene rings is 3. The number of pyridine rings is 1. The summed E-state index contributed by atoms with van der Waals surface area (Å²) in [6.45, 7) is 23.0. The van der Waals surface area contributed by atoms with Gasteiger partial charge in [-0.3, -0.25) is 4.98 Å². The van der Waals surface area contributed by atoms with E-state index >= 15 is 0 Å². The number of hydrogen-bond acceptors (Lipinski definition) is 1. The van der Waals surface area contributed by atoms with Crippen LogP contribution in [0.3, 0.4) is 0 Å². The monoisotopic (exact) mass is 521 g/mol. The number of aromatic nitrogens is 1. The van der Waals surface area contributed by atoms with Crippen LogP contribution >= 0.6 is 7.92 Å². The molecule has 1 aromatic heterocycles.